The second kappa shape index (κ2) is 6.01. The Bertz CT molecular complexity index is 925. The van der Waals surface area contributed by atoms with Gasteiger partial charge in [0.2, 0.25) is 0 Å². The van der Waals surface area contributed by atoms with Crippen LogP contribution < -0.4 is 0 Å². The SMILES string of the molecule is C[N+]1(Cc2ccc3oc([N+](=O)[O-])c(-c4ccccc4)c3c2)CCCC1. The lowest BCUT2D eigenvalue weighted by Crippen LogP contribution is -2.39. The lowest BCUT2D eigenvalue weighted by Gasteiger charge is -2.29. The van der Waals surface area contributed by atoms with Crippen LogP contribution in [0.4, 0.5) is 5.88 Å². The fourth-order valence-corrected chi connectivity index (χ4v) is 3.94. The van der Waals surface area contributed by atoms with Gasteiger partial charge in [-0.05, 0) is 23.8 Å². The van der Waals surface area contributed by atoms with Crippen molar-refractivity contribution in [1.29, 1.82) is 0 Å². The van der Waals surface area contributed by atoms with Crippen molar-refractivity contribution in [3.05, 3.63) is 64.2 Å². The maximum absolute atomic E-state index is 11.5. The highest BCUT2D eigenvalue weighted by atomic mass is 16.6. The van der Waals surface area contributed by atoms with E-state index < -0.39 is 4.92 Å². The van der Waals surface area contributed by atoms with Crippen molar-refractivity contribution in [2.24, 2.45) is 0 Å². The number of hydrogen-bond donors (Lipinski definition) is 0. The molecule has 5 nitrogen and oxygen atoms in total. The first-order valence-electron chi connectivity index (χ1n) is 8.65. The third-order valence-electron chi connectivity index (χ3n) is 5.17. The number of furan rings is 1. The van der Waals surface area contributed by atoms with Gasteiger partial charge in [-0.15, -0.1) is 0 Å². The summed E-state index contributed by atoms with van der Waals surface area (Å²) in [6.45, 7) is 3.33. The zero-order valence-corrected chi connectivity index (χ0v) is 14.3. The molecule has 1 aromatic heterocycles. The van der Waals surface area contributed by atoms with Crippen molar-refractivity contribution < 1.29 is 13.8 Å². The molecule has 0 saturated carbocycles. The van der Waals surface area contributed by atoms with Crippen LogP contribution in [0.5, 0.6) is 0 Å². The van der Waals surface area contributed by atoms with Gasteiger partial charge in [0.1, 0.15) is 22.6 Å². The molecule has 4 rings (SSSR count). The fourth-order valence-electron chi connectivity index (χ4n) is 3.94. The summed E-state index contributed by atoms with van der Waals surface area (Å²) in [7, 11) is 2.28. The molecule has 0 N–H and O–H groups in total. The summed E-state index contributed by atoms with van der Waals surface area (Å²) >= 11 is 0. The number of quaternary nitrogens is 1. The van der Waals surface area contributed by atoms with Crippen LogP contribution >= 0.6 is 0 Å². The van der Waals surface area contributed by atoms with Crippen molar-refractivity contribution in [2.45, 2.75) is 19.4 Å². The van der Waals surface area contributed by atoms with Gasteiger partial charge in [-0.3, -0.25) is 10.1 Å². The Morgan fingerprint density at radius 1 is 1.12 bits per heavy atom. The van der Waals surface area contributed by atoms with Crippen LogP contribution in [0.1, 0.15) is 18.4 Å². The number of rotatable bonds is 4. The number of likely N-dealkylation sites (tertiary alicyclic amines) is 1. The van der Waals surface area contributed by atoms with Crippen LogP contribution in [0.3, 0.4) is 0 Å². The van der Waals surface area contributed by atoms with Gasteiger partial charge in [-0.2, -0.15) is 0 Å². The summed E-state index contributed by atoms with van der Waals surface area (Å²) in [6, 6.07) is 15.4. The average Bonchev–Trinajstić information content (AvgIpc) is 3.19. The molecule has 1 aliphatic rings. The minimum Gasteiger partial charge on any atom is -0.400 e. The van der Waals surface area contributed by atoms with Crippen molar-refractivity contribution in [1.82, 2.24) is 0 Å². The van der Waals surface area contributed by atoms with Gasteiger partial charge in [-0.25, -0.2) is 0 Å². The summed E-state index contributed by atoms with van der Waals surface area (Å²) in [5, 5.41) is 12.3. The monoisotopic (exact) mass is 337 g/mol. The predicted molar refractivity (Wildman–Crippen MR) is 97.2 cm³/mol. The molecule has 1 saturated heterocycles. The van der Waals surface area contributed by atoms with Crippen LogP contribution in [0.2, 0.25) is 0 Å². The summed E-state index contributed by atoms with van der Waals surface area (Å²) in [5.41, 5.74) is 3.15. The van der Waals surface area contributed by atoms with E-state index in [-0.39, 0.29) is 5.88 Å². The zero-order valence-electron chi connectivity index (χ0n) is 14.3. The quantitative estimate of drug-likeness (QED) is 0.392. The van der Waals surface area contributed by atoms with Crippen LogP contribution in [-0.4, -0.2) is 29.5 Å². The summed E-state index contributed by atoms with van der Waals surface area (Å²) in [6.07, 6.45) is 2.54. The Labute approximate surface area is 146 Å². The summed E-state index contributed by atoms with van der Waals surface area (Å²) < 4.78 is 6.59. The fraction of sp³-hybridized carbons (Fsp3) is 0.300. The maximum Gasteiger partial charge on any atom is 0.442 e. The van der Waals surface area contributed by atoms with Crippen molar-refractivity contribution in [3.63, 3.8) is 0 Å². The standard InChI is InChI=1S/C20H21N2O3/c1-22(11-5-6-12-22)14-15-9-10-18-17(13-15)19(20(25-18)21(23)24)16-7-3-2-4-8-16/h2-4,7-10,13H,5-6,11-12,14H2,1H3/q+1. The highest BCUT2D eigenvalue weighted by Crippen LogP contribution is 2.40. The lowest BCUT2D eigenvalue weighted by molar-refractivity contribution is -0.910. The van der Waals surface area contributed by atoms with E-state index in [4.69, 9.17) is 4.42 Å². The average molecular weight is 337 g/mol. The first-order valence-corrected chi connectivity index (χ1v) is 8.65. The molecule has 0 amide bonds. The van der Waals surface area contributed by atoms with Gasteiger partial charge in [-0.1, -0.05) is 30.3 Å². The van der Waals surface area contributed by atoms with Gasteiger partial charge in [0.25, 0.3) is 0 Å². The first kappa shape index (κ1) is 15.8. The van der Waals surface area contributed by atoms with E-state index in [0.717, 1.165) is 22.0 Å². The molecule has 128 valence electrons. The van der Waals surface area contributed by atoms with E-state index in [2.05, 4.69) is 13.1 Å². The van der Waals surface area contributed by atoms with Crippen LogP contribution in [0.25, 0.3) is 22.1 Å². The largest absolute Gasteiger partial charge is 0.442 e. The Balaban J connectivity index is 1.84. The Morgan fingerprint density at radius 2 is 1.84 bits per heavy atom. The molecule has 3 aromatic rings. The Hall–Kier alpha value is -2.66. The molecule has 0 aliphatic carbocycles. The topological polar surface area (TPSA) is 56.3 Å². The van der Waals surface area contributed by atoms with Crippen molar-refractivity contribution in [3.8, 4) is 11.1 Å². The molecule has 0 unspecified atom stereocenters. The first-order chi connectivity index (χ1) is 12.1. The third-order valence-corrected chi connectivity index (χ3v) is 5.17. The molecule has 2 aromatic carbocycles. The number of benzene rings is 2. The number of hydrogen-bond acceptors (Lipinski definition) is 3. The third kappa shape index (κ3) is 2.91. The van der Waals surface area contributed by atoms with Gasteiger partial charge < -0.3 is 8.90 Å². The molecule has 0 radical (unpaired) electrons. The molecule has 2 heterocycles. The molecule has 0 atom stereocenters. The summed E-state index contributed by atoms with van der Waals surface area (Å²) in [4.78, 5) is 11.1. The molecular weight excluding hydrogens is 316 g/mol. The lowest BCUT2D eigenvalue weighted by atomic mass is 10.0. The summed E-state index contributed by atoms with van der Waals surface area (Å²) in [5.74, 6) is -0.181. The van der Waals surface area contributed by atoms with Crippen LogP contribution in [0.15, 0.2) is 52.9 Å². The Kier molecular flexibility index (Phi) is 3.81. The second-order valence-corrected chi connectivity index (χ2v) is 7.17. The predicted octanol–water partition coefficient (Wildman–Crippen LogP) is 4.75. The van der Waals surface area contributed by atoms with Crippen LogP contribution in [0, 0.1) is 10.1 Å². The molecular formula is C20H21N2O3+. The molecule has 0 bridgehead atoms. The van der Waals surface area contributed by atoms with E-state index in [0.29, 0.717) is 11.1 Å². The minimum absolute atomic E-state index is 0.181. The normalized spacial score (nSPS) is 16.4. The van der Waals surface area contributed by atoms with Gasteiger partial charge >= 0.3 is 5.88 Å². The van der Waals surface area contributed by atoms with Crippen LogP contribution in [-0.2, 0) is 6.54 Å². The zero-order chi connectivity index (χ0) is 17.4. The number of nitro groups is 1. The van der Waals surface area contributed by atoms with E-state index in [1.807, 2.05) is 42.5 Å². The highest BCUT2D eigenvalue weighted by molar-refractivity contribution is 5.98. The van der Waals surface area contributed by atoms with Crippen molar-refractivity contribution in [2.75, 3.05) is 20.1 Å². The van der Waals surface area contributed by atoms with E-state index in [1.165, 1.54) is 31.5 Å². The minimum atomic E-state index is -0.434. The Morgan fingerprint density at radius 3 is 2.52 bits per heavy atom. The van der Waals surface area contributed by atoms with E-state index in [9.17, 15) is 10.1 Å². The number of nitrogens with zero attached hydrogens (tertiary/aromatic N) is 2. The second-order valence-electron chi connectivity index (χ2n) is 7.17. The molecule has 5 heteroatoms. The molecule has 0 spiro atoms. The molecule has 25 heavy (non-hydrogen) atoms. The highest BCUT2D eigenvalue weighted by Gasteiger charge is 2.29. The van der Waals surface area contributed by atoms with Gasteiger partial charge in [0, 0.05) is 23.8 Å². The molecule has 1 aliphatic heterocycles. The maximum atomic E-state index is 11.5. The van der Waals surface area contributed by atoms with E-state index >= 15 is 0 Å². The van der Waals surface area contributed by atoms with E-state index in [1.54, 1.807) is 0 Å². The smallest absolute Gasteiger partial charge is 0.400 e. The van der Waals surface area contributed by atoms with Crippen molar-refractivity contribution >= 4 is 16.9 Å². The molecule has 1 fully saturated rings. The van der Waals surface area contributed by atoms with Gasteiger partial charge in [0.15, 0.2) is 0 Å². The number of fused-ring (bicyclic) bond motifs is 1. The van der Waals surface area contributed by atoms with Gasteiger partial charge in [0.05, 0.1) is 20.1 Å².